The van der Waals surface area contributed by atoms with E-state index >= 15 is 0 Å². The van der Waals surface area contributed by atoms with Gasteiger partial charge in [-0.25, -0.2) is 0 Å². The smallest absolute Gasteiger partial charge is 0.0688 e. The zero-order valence-electron chi connectivity index (χ0n) is 8.03. The Morgan fingerprint density at radius 3 is 2.57 bits per heavy atom. The molecule has 0 atom stereocenters. The van der Waals surface area contributed by atoms with E-state index in [1.54, 1.807) is 11.3 Å². The number of aryl methyl sites for hydroxylation is 1. The SMILES string of the molecule is Cc1ccc(-c2ccccc2CO)s1. The van der Waals surface area contributed by atoms with Gasteiger partial charge in [0.1, 0.15) is 0 Å². The third kappa shape index (κ3) is 1.72. The topological polar surface area (TPSA) is 20.2 Å². The minimum absolute atomic E-state index is 0.104. The van der Waals surface area contributed by atoms with Crippen molar-refractivity contribution in [1.29, 1.82) is 0 Å². The number of hydrogen-bond acceptors (Lipinski definition) is 2. The number of benzene rings is 1. The highest BCUT2D eigenvalue weighted by Crippen LogP contribution is 2.30. The van der Waals surface area contributed by atoms with Crippen LogP contribution in [0.15, 0.2) is 36.4 Å². The maximum absolute atomic E-state index is 9.19. The molecule has 14 heavy (non-hydrogen) atoms. The van der Waals surface area contributed by atoms with Crippen molar-refractivity contribution in [1.82, 2.24) is 0 Å². The van der Waals surface area contributed by atoms with Crippen molar-refractivity contribution in [2.45, 2.75) is 13.5 Å². The van der Waals surface area contributed by atoms with Gasteiger partial charge in [0.2, 0.25) is 0 Å². The summed E-state index contributed by atoms with van der Waals surface area (Å²) >= 11 is 1.76. The standard InChI is InChI=1S/C12H12OS/c1-9-6-7-12(14-9)11-5-3-2-4-10(11)8-13/h2-7,13H,8H2,1H3. The van der Waals surface area contributed by atoms with E-state index in [9.17, 15) is 5.11 Å². The van der Waals surface area contributed by atoms with Gasteiger partial charge >= 0.3 is 0 Å². The summed E-state index contributed by atoms with van der Waals surface area (Å²) in [5, 5.41) is 9.19. The Kier molecular flexibility index (Phi) is 2.66. The summed E-state index contributed by atoms with van der Waals surface area (Å²) in [6, 6.07) is 12.2. The Hall–Kier alpha value is -1.12. The normalized spacial score (nSPS) is 10.4. The predicted molar refractivity (Wildman–Crippen MR) is 60.4 cm³/mol. The molecule has 1 aromatic heterocycles. The van der Waals surface area contributed by atoms with Crippen LogP contribution >= 0.6 is 11.3 Å². The van der Waals surface area contributed by atoms with Crippen molar-refractivity contribution < 1.29 is 5.11 Å². The quantitative estimate of drug-likeness (QED) is 0.796. The van der Waals surface area contributed by atoms with E-state index in [0.717, 1.165) is 11.1 Å². The van der Waals surface area contributed by atoms with Gasteiger partial charge in [0.05, 0.1) is 6.61 Å². The lowest BCUT2D eigenvalue weighted by atomic mass is 10.1. The zero-order chi connectivity index (χ0) is 9.97. The monoisotopic (exact) mass is 204 g/mol. The number of rotatable bonds is 2. The first-order chi connectivity index (χ1) is 6.81. The number of aliphatic hydroxyl groups excluding tert-OH is 1. The molecule has 1 N–H and O–H groups in total. The number of thiophene rings is 1. The fourth-order valence-corrected chi connectivity index (χ4v) is 2.41. The lowest BCUT2D eigenvalue weighted by molar-refractivity contribution is 0.282. The van der Waals surface area contributed by atoms with Crippen LogP contribution in [0.25, 0.3) is 10.4 Å². The lowest BCUT2D eigenvalue weighted by Gasteiger charge is -2.03. The van der Waals surface area contributed by atoms with Crippen LogP contribution in [0.3, 0.4) is 0 Å². The molecule has 2 aromatic rings. The highest BCUT2D eigenvalue weighted by atomic mass is 32.1. The molecule has 0 fully saturated rings. The molecular weight excluding hydrogens is 192 g/mol. The number of aliphatic hydroxyl groups is 1. The number of hydrogen-bond donors (Lipinski definition) is 1. The van der Waals surface area contributed by atoms with E-state index in [2.05, 4.69) is 25.1 Å². The zero-order valence-corrected chi connectivity index (χ0v) is 8.84. The van der Waals surface area contributed by atoms with Crippen LogP contribution in [0.5, 0.6) is 0 Å². The Balaban J connectivity index is 2.50. The molecule has 2 rings (SSSR count). The van der Waals surface area contributed by atoms with Crippen LogP contribution < -0.4 is 0 Å². The predicted octanol–water partition coefficient (Wildman–Crippen LogP) is 3.22. The van der Waals surface area contributed by atoms with Gasteiger partial charge in [-0.15, -0.1) is 11.3 Å². The first-order valence-corrected chi connectivity index (χ1v) is 5.38. The molecule has 0 aliphatic heterocycles. The molecule has 2 heteroatoms. The van der Waals surface area contributed by atoms with Gasteiger partial charge in [-0.1, -0.05) is 24.3 Å². The summed E-state index contributed by atoms with van der Waals surface area (Å²) < 4.78 is 0. The van der Waals surface area contributed by atoms with E-state index < -0.39 is 0 Å². The molecular formula is C12H12OS. The summed E-state index contributed by atoms with van der Waals surface area (Å²) in [5.74, 6) is 0. The van der Waals surface area contributed by atoms with E-state index in [-0.39, 0.29) is 6.61 Å². The Morgan fingerprint density at radius 1 is 1.14 bits per heavy atom. The second-order valence-corrected chi connectivity index (χ2v) is 4.51. The molecule has 1 aromatic carbocycles. The first kappa shape index (κ1) is 9.44. The van der Waals surface area contributed by atoms with Crippen LogP contribution in [0.2, 0.25) is 0 Å². The van der Waals surface area contributed by atoms with Crippen molar-refractivity contribution in [3.63, 3.8) is 0 Å². The highest BCUT2D eigenvalue weighted by molar-refractivity contribution is 7.15. The van der Waals surface area contributed by atoms with Gasteiger partial charge in [0.15, 0.2) is 0 Å². The van der Waals surface area contributed by atoms with Gasteiger partial charge in [0, 0.05) is 9.75 Å². The average Bonchev–Trinajstić information content (AvgIpc) is 2.65. The molecule has 0 aliphatic carbocycles. The van der Waals surface area contributed by atoms with E-state index in [0.29, 0.717) is 0 Å². The largest absolute Gasteiger partial charge is 0.392 e. The fourth-order valence-electron chi connectivity index (χ4n) is 1.48. The lowest BCUT2D eigenvalue weighted by Crippen LogP contribution is -1.86. The van der Waals surface area contributed by atoms with Crippen LogP contribution in [0, 0.1) is 6.92 Å². The maximum Gasteiger partial charge on any atom is 0.0688 e. The van der Waals surface area contributed by atoms with Gasteiger partial charge in [-0.3, -0.25) is 0 Å². The van der Waals surface area contributed by atoms with Crippen LogP contribution in [-0.4, -0.2) is 5.11 Å². The first-order valence-electron chi connectivity index (χ1n) is 4.57. The van der Waals surface area contributed by atoms with Crippen LogP contribution in [-0.2, 0) is 6.61 Å². The van der Waals surface area contributed by atoms with E-state index in [4.69, 9.17) is 0 Å². The van der Waals surface area contributed by atoms with Crippen molar-refractivity contribution in [3.8, 4) is 10.4 Å². The molecule has 0 spiro atoms. The van der Waals surface area contributed by atoms with Crippen molar-refractivity contribution in [2.75, 3.05) is 0 Å². The van der Waals surface area contributed by atoms with Gasteiger partial charge in [0.25, 0.3) is 0 Å². The Morgan fingerprint density at radius 2 is 1.93 bits per heavy atom. The van der Waals surface area contributed by atoms with Crippen molar-refractivity contribution in [2.24, 2.45) is 0 Å². The third-order valence-electron chi connectivity index (χ3n) is 2.19. The molecule has 72 valence electrons. The molecule has 0 bridgehead atoms. The van der Waals surface area contributed by atoms with Crippen molar-refractivity contribution in [3.05, 3.63) is 46.8 Å². The van der Waals surface area contributed by atoms with Crippen molar-refractivity contribution >= 4 is 11.3 Å². The highest BCUT2D eigenvalue weighted by Gasteiger charge is 2.04. The second-order valence-electron chi connectivity index (χ2n) is 3.23. The molecule has 1 heterocycles. The molecule has 0 aliphatic rings. The molecule has 0 saturated heterocycles. The average molecular weight is 204 g/mol. The summed E-state index contributed by atoms with van der Waals surface area (Å²) in [5.41, 5.74) is 2.14. The summed E-state index contributed by atoms with van der Waals surface area (Å²) in [7, 11) is 0. The fraction of sp³-hybridized carbons (Fsp3) is 0.167. The maximum atomic E-state index is 9.19. The minimum Gasteiger partial charge on any atom is -0.392 e. The summed E-state index contributed by atoms with van der Waals surface area (Å²) in [6.45, 7) is 2.20. The second kappa shape index (κ2) is 3.95. The molecule has 0 amide bonds. The van der Waals surface area contributed by atoms with Crippen LogP contribution in [0.1, 0.15) is 10.4 Å². The molecule has 0 unspecified atom stereocenters. The van der Waals surface area contributed by atoms with Gasteiger partial charge < -0.3 is 5.11 Å². The minimum atomic E-state index is 0.104. The molecule has 0 radical (unpaired) electrons. The Labute approximate surface area is 87.7 Å². The third-order valence-corrected chi connectivity index (χ3v) is 3.23. The summed E-state index contributed by atoms with van der Waals surface area (Å²) in [6.07, 6.45) is 0. The Bertz CT molecular complexity index is 431. The van der Waals surface area contributed by atoms with E-state index in [1.807, 2.05) is 18.2 Å². The van der Waals surface area contributed by atoms with Gasteiger partial charge in [-0.2, -0.15) is 0 Å². The van der Waals surface area contributed by atoms with Gasteiger partial charge in [-0.05, 0) is 30.2 Å². The van der Waals surface area contributed by atoms with Crippen LogP contribution in [0.4, 0.5) is 0 Å². The molecule has 0 saturated carbocycles. The van der Waals surface area contributed by atoms with E-state index in [1.165, 1.54) is 9.75 Å². The summed E-state index contributed by atoms with van der Waals surface area (Å²) in [4.78, 5) is 2.53. The molecule has 1 nitrogen and oxygen atoms in total.